The minimum Gasteiger partial charge on any atom is -0.381 e. The molecule has 0 saturated carbocycles. The lowest BCUT2D eigenvalue weighted by Crippen LogP contribution is -2.42. The van der Waals surface area contributed by atoms with Crippen LogP contribution in [0.5, 0.6) is 0 Å². The lowest BCUT2D eigenvalue weighted by molar-refractivity contribution is -0.0443. The van der Waals surface area contributed by atoms with Gasteiger partial charge in [0, 0.05) is 18.6 Å². The summed E-state index contributed by atoms with van der Waals surface area (Å²) in [5, 5.41) is 5.13. The summed E-state index contributed by atoms with van der Waals surface area (Å²) in [6.45, 7) is 5.46. The molecule has 1 fully saturated rings. The number of nitrogens with two attached hydrogens (primary N) is 1. The molecule has 1 heterocycles. The fourth-order valence-electron chi connectivity index (χ4n) is 1.90. The fraction of sp³-hybridized carbons (Fsp3) is 1.00. The number of hydrogen-bond acceptors (Lipinski definition) is 4. The molecule has 6 heteroatoms. The van der Waals surface area contributed by atoms with Gasteiger partial charge in [-0.2, -0.15) is 0 Å². The van der Waals surface area contributed by atoms with Crippen molar-refractivity contribution in [2.75, 3.05) is 25.6 Å². The first-order valence-electron chi connectivity index (χ1n) is 5.53. The van der Waals surface area contributed by atoms with Gasteiger partial charge in [0.15, 0.2) is 0 Å². The van der Waals surface area contributed by atoms with Crippen LogP contribution in [0.2, 0.25) is 0 Å². The van der Waals surface area contributed by atoms with E-state index in [0.717, 1.165) is 0 Å². The van der Waals surface area contributed by atoms with Crippen molar-refractivity contribution in [2.45, 2.75) is 32.8 Å². The second kappa shape index (κ2) is 5.44. The zero-order valence-electron chi connectivity index (χ0n) is 9.94. The van der Waals surface area contributed by atoms with Crippen molar-refractivity contribution >= 4 is 10.0 Å². The molecule has 0 aromatic heterocycles. The van der Waals surface area contributed by atoms with E-state index in [0.29, 0.717) is 32.7 Å². The van der Waals surface area contributed by atoms with Crippen molar-refractivity contribution in [3.8, 4) is 0 Å². The first kappa shape index (κ1) is 13.9. The highest BCUT2D eigenvalue weighted by molar-refractivity contribution is 7.89. The molecule has 1 aliphatic rings. The first-order valence-corrected chi connectivity index (χ1v) is 7.24. The van der Waals surface area contributed by atoms with Crippen LogP contribution in [0.3, 0.4) is 0 Å². The molecule has 0 atom stereocenters. The minimum absolute atomic E-state index is 0.0178. The molecule has 0 unspecified atom stereocenters. The smallest absolute Gasteiger partial charge is 0.209 e. The van der Waals surface area contributed by atoms with Crippen LogP contribution in [-0.2, 0) is 19.5 Å². The van der Waals surface area contributed by atoms with Crippen molar-refractivity contribution in [3.05, 3.63) is 0 Å². The van der Waals surface area contributed by atoms with Crippen molar-refractivity contribution in [1.82, 2.24) is 0 Å². The van der Waals surface area contributed by atoms with E-state index >= 15 is 0 Å². The normalized spacial score (nSPS) is 21.2. The Labute approximate surface area is 97.3 Å². The number of primary sulfonamides is 1. The minimum atomic E-state index is -3.47. The van der Waals surface area contributed by atoms with E-state index in [2.05, 4.69) is 0 Å². The van der Waals surface area contributed by atoms with E-state index in [1.54, 1.807) is 0 Å². The van der Waals surface area contributed by atoms with Crippen LogP contribution in [0.25, 0.3) is 0 Å². The Bertz CT molecular complexity index is 307. The lowest BCUT2D eigenvalue weighted by atomic mass is 9.83. The van der Waals surface area contributed by atoms with Gasteiger partial charge in [-0.3, -0.25) is 0 Å². The molecule has 0 amide bonds. The number of sulfonamides is 1. The Kier molecular flexibility index (Phi) is 4.73. The van der Waals surface area contributed by atoms with Crippen molar-refractivity contribution in [3.63, 3.8) is 0 Å². The van der Waals surface area contributed by atoms with Crippen LogP contribution in [0, 0.1) is 5.41 Å². The SMILES string of the molecule is CC(C)OCC1(CS(N)(=O)=O)CCOCC1. The van der Waals surface area contributed by atoms with Crippen LogP contribution < -0.4 is 5.14 Å². The van der Waals surface area contributed by atoms with E-state index < -0.39 is 10.0 Å². The monoisotopic (exact) mass is 251 g/mol. The summed E-state index contributed by atoms with van der Waals surface area (Å²) in [5.74, 6) is -0.0178. The van der Waals surface area contributed by atoms with Gasteiger partial charge in [-0.1, -0.05) is 0 Å². The highest BCUT2D eigenvalue weighted by Gasteiger charge is 2.36. The summed E-state index contributed by atoms with van der Waals surface area (Å²) in [4.78, 5) is 0. The number of rotatable bonds is 5. The van der Waals surface area contributed by atoms with E-state index in [9.17, 15) is 8.42 Å². The maximum Gasteiger partial charge on any atom is 0.209 e. The van der Waals surface area contributed by atoms with Crippen LogP contribution in [0.4, 0.5) is 0 Å². The summed E-state index contributed by atoms with van der Waals surface area (Å²) < 4.78 is 33.3. The summed E-state index contributed by atoms with van der Waals surface area (Å²) in [5.41, 5.74) is -0.365. The van der Waals surface area contributed by atoms with Crippen molar-refractivity contribution < 1.29 is 17.9 Å². The molecule has 1 aliphatic heterocycles. The molecule has 0 bridgehead atoms. The molecule has 5 nitrogen and oxygen atoms in total. The molecule has 0 aliphatic carbocycles. The van der Waals surface area contributed by atoms with Gasteiger partial charge >= 0.3 is 0 Å². The Balaban J connectivity index is 2.67. The third-order valence-corrected chi connectivity index (χ3v) is 3.80. The highest BCUT2D eigenvalue weighted by atomic mass is 32.2. The molecular formula is C10H21NO4S. The van der Waals surface area contributed by atoms with E-state index in [4.69, 9.17) is 14.6 Å². The highest BCUT2D eigenvalue weighted by Crippen LogP contribution is 2.32. The van der Waals surface area contributed by atoms with Gasteiger partial charge in [-0.15, -0.1) is 0 Å². The van der Waals surface area contributed by atoms with Crippen LogP contribution in [0.1, 0.15) is 26.7 Å². The molecule has 96 valence electrons. The van der Waals surface area contributed by atoms with Crippen molar-refractivity contribution in [2.24, 2.45) is 10.6 Å². The average molecular weight is 251 g/mol. The first-order chi connectivity index (χ1) is 7.33. The maximum absolute atomic E-state index is 11.2. The van der Waals surface area contributed by atoms with Gasteiger partial charge < -0.3 is 9.47 Å². The second-order valence-electron chi connectivity index (χ2n) is 4.78. The molecule has 0 radical (unpaired) electrons. The number of ether oxygens (including phenoxy) is 2. The molecule has 1 saturated heterocycles. The predicted molar refractivity (Wildman–Crippen MR) is 61.5 cm³/mol. The Morgan fingerprint density at radius 2 is 1.94 bits per heavy atom. The van der Waals surface area contributed by atoms with E-state index in [-0.39, 0.29) is 17.3 Å². The van der Waals surface area contributed by atoms with Crippen LogP contribution in [-0.4, -0.2) is 40.1 Å². The Morgan fingerprint density at radius 3 is 2.38 bits per heavy atom. The van der Waals surface area contributed by atoms with Crippen molar-refractivity contribution in [1.29, 1.82) is 0 Å². The summed E-state index contributed by atoms with van der Waals surface area (Å²) >= 11 is 0. The zero-order chi connectivity index (χ0) is 12.2. The van der Waals surface area contributed by atoms with Gasteiger partial charge in [0.05, 0.1) is 18.5 Å². The lowest BCUT2D eigenvalue weighted by Gasteiger charge is -2.36. The Morgan fingerprint density at radius 1 is 1.38 bits per heavy atom. The van der Waals surface area contributed by atoms with Crippen LogP contribution >= 0.6 is 0 Å². The van der Waals surface area contributed by atoms with Gasteiger partial charge in [0.1, 0.15) is 0 Å². The summed E-state index contributed by atoms with van der Waals surface area (Å²) in [6.07, 6.45) is 1.48. The molecule has 2 N–H and O–H groups in total. The van der Waals surface area contributed by atoms with Gasteiger partial charge in [-0.25, -0.2) is 13.6 Å². The second-order valence-corrected chi connectivity index (χ2v) is 6.39. The molecular weight excluding hydrogens is 230 g/mol. The molecule has 1 rings (SSSR count). The Hall–Kier alpha value is -0.170. The zero-order valence-corrected chi connectivity index (χ0v) is 10.8. The third-order valence-electron chi connectivity index (χ3n) is 2.78. The predicted octanol–water partition coefficient (Wildman–Crippen LogP) is 0.497. The largest absolute Gasteiger partial charge is 0.381 e. The fourth-order valence-corrected chi connectivity index (χ4v) is 3.13. The maximum atomic E-state index is 11.2. The van der Waals surface area contributed by atoms with E-state index in [1.807, 2.05) is 13.8 Å². The molecule has 0 aromatic rings. The van der Waals surface area contributed by atoms with Gasteiger partial charge in [-0.05, 0) is 26.7 Å². The molecule has 0 aromatic carbocycles. The summed E-state index contributed by atoms with van der Waals surface area (Å²) in [6, 6.07) is 0. The quantitative estimate of drug-likeness (QED) is 0.771. The van der Waals surface area contributed by atoms with Gasteiger partial charge in [0.25, 0.3) is 0 Å². The van der Waals surface area contributed by atoms with Gasteiger partial charge in [0.2, 0.25) is 10.0 Å². The standard InChI is InChI=1S/C10H21NO4S/c1-9(2)15-7-10(8-16(11,12)13)3-5-14-6-4-10/h9H,3-8H2,1-2H3,(H2,11,12,13). The summed E-state index contributed by atoms with van der Waals surface area (Å²) in [7, 11) is -3.47. The van der Waals surface area contributed by atoms with E-state index in [1.165, 1.54) is 0 Å². The van der Waals surface area contributed by atoms with Crippen LogP contribution in [0.15, 0.2) is 0 Å². The molecule has 0 spiro atoms. The number of hydrogen-bond donors (Lipinski definition) is 1. The topological polar surface area (TPSA) is 78.6 Å². The molecule has 16 heavy (non-hydrogen) atoms. The average Bonchev–Trinajstić information content (AvgIpc) is 2.14. The third kappa shape index (κ3) is 4.78.